The van der Waals surface area contributed by atoms with Crippen molar-refractivity contribution in [2.24, 2.45) is 23.7 Å². The number of fused-ring (bicyclic) bond motifs is 4. The van der Waals surface area contributed by atoms with E-state index in [0.29, 0.717) is 49.9 Å². The molecule has 1 saturated carbocycles. The lowest BCUT2D eigenvalue weighted by Crippen LogP contribution is -2.60. The number of rotatable bonds is 3. The zero-order valence-electron chi connectivity index (χ0n) is 22.7. The first kappa shape index (κ1) is 26.1. The summed E-state index contributed by atoms with van der Waals surface area (Å²) in [5.41, 5.74) is 0.553. The van der Waals surface area contributed by atoms with E-state index < -0.39 is 0 Å². The van der Waals surface area contributed by atoms with Gasteiger partial charge in [-0.05, 0) is 68.6 Å². The van der Waals surface area contributed by atoms with Crippen molar-refractivity contribution in [3.05, 3.63) is 23.8 Å². The smallest absolute Gasteiger partial charge is 0.257 e. The van der Waals surface area contributed by atoms with E-state index in [0.717, 1.165) is 50.8 Å². The van der Waals surface area contributed by atoms with Crippen LogP contribution in [-0.2, 0) is 9.59 Å². The number of piperidine rings is 2. The molecule has 4 fully saturated rings. The largest absolute Gasteiger partial charge is 0.353 e. The maximum atomic E-state index is 13.5. The molecule has 202 valence electrons. The van der Waals surface area contributed by atoms with Gasteiger partial charge in [-0.2, -0.15) is 0 Å². The van der Waals surface area contributed by atoms with Crippen molar-refractivity contribution in [3.63, 3.8) is 0 Å². The van der Waals surface area contributed by atoms with Crippen LogP contribution in [0.25, 0.3) is 0 Å². The summed E-state index contributed by atoms with van der Waals surface area (Å²) in [5.74, 6) is 2.86. The van der Waals surface area contributed by atoms with Gasteiger partial charge >= 0.3 is 0 Å². The number of hydrogen-bond donors (Lipinski definition) is 1. The van der Waals surface area contributed by atoms with Crippen molar-refractivity contribution in [2.75, 3.05) is 19.6 Å². The highest BCUT2D eigenvalue weighted by Gasteiger charge is 2.44. The summed E-state index contributed by atoms with van der Waals surface area (Å²) in [4.78, 5) is 52.6. The molecule has 8 nitrogen and oxygen atoms in total. The zero-order valence-corrected chi connectivity index (χ0v) is 22.7. The summed E-state index contributed by atoms with van der Waals surface area (Å²) in [6, 6.07) is 0.240. The van der Waals surface area contributed by atoms with Crippen molar-refractivity contribution >= 4 is 17.7 Å². The molecule has 2 bridgehead atoms. The van der Waals surface area contributed by atoms with Crippen molar-refractivity contribution < 1.29 is 14.4 Å². The average molecular weight is 510 g/mol. The van der Waals surface area contributed by atoms with Crippen molar-refractivity contribution in [1.29, 1.82) is 0 Å². The number of nitrogens with one attached hydrogen (secondary N) is 1. The number of carbonyl (C=O) groups is 3. The number of nitrogens with zero attached hydrogens (tertiary/aromatic N) is 4. The second-order valence-electron chi connectivity index (χ2n) is 12.5. The van der Waals surface area contributed by atoms with Crippen LogP contribution in [0.3, 0.4) is 0 Å². The Morgan fingerprint density at radius 3 is 2.49 bits per heavy atom. The molecular weight excluding hydrogens is 466 g/mol. The molecule has 4 aliphatic rings. The molecule has 1 aliphatic carbocycles. The first-order valence-corrected chi connectivity index (χ1v) is 14.5. The molecule has 0 unspecified atom stereocenters. The lowest BCUT2D eigenvalue weighted by molar-refractivity contribution is -0.141. The third kappa shape index (κ3) is 6.15. The maximum Gasteiger partial charge on any atom is 0.257 e. The highest BCUT2D eigenvalue weighted by molar-refractivity contribution is 5.93. The fourth-order valence-corrected chi connectivity index (χ4v) is 6.66. The van der Waals surface area contributed by atoms with Gasteiger partial charge < -0.3 is 15.1 Å². The second-order valence-corrected chi connectivity index (χ2v) is 12.5. The first-order valence-electron chi connectivity index (χ1n) is 14.5. The van der Waals surface area contributed by atoms with E-state index in [-0.39, 0.29) is 47.6 Å². The normalized spacial score (nSPS) is 31.6. The standard InChI is InChI=1S/C29H43N5O3/c1-18(2)24-10-7-19(3)11-27(36)34-16-20-12-22(25(34)5-4-6-26(35)32-24)17-33(15-20)29(37)23-13-30-28(31-14-23)21-8-9-21/h13-14,18-22,24-25H,4-12,15-17H2,1-3H3,(H,32,35)/t19-,20+,22-,24+,25+/m1/s1. The maximum absolute atomic E-state index is 13.5. The molecular formula is C29H43N5O3. The Bertz CT molecular complexity index is 992. The molecule has 0 spiro atoms. The number of likely N-dealkylation sites (tertiary alicyclic amines) is 1. The summed E-state index contributed by atoms with van der Waals surface area (Å²) >= 11 is 0. The molecule has 8 heteroatoms. The molecule has 4 heterocycles. The fourth-order valence-electron chi connectivity index (χ4n) is 6.66. The molecule has 1 N–H and O–H groups in total. The third-order valence-electron chi connectivity index (χ3n) is 8.99. The zero-order chi connectivity index (χ0) is 26.1. The van der Waals surface area contributed by atoms with Gasteiger partial charge in [0.1, 0.15) is 5.82 Å². The molecule has 1 aromatic rings. The van der Waals surface area contributed by atoms with E-state index in [1.165, 1.54) is 0 Å². The Morgan fingerprint density at radius 2 is 1.78 bits per heavy atom. The Balaban J connectivity index is 1.29. The van der Waals surface area contributed by atoms with Crippen LogP contribution in [0.5, 0.6) is 0 Å². The molecule has 5 atom stereocenters. The molecule has 1 aromatic heterocycles. The predicted octanol–water partition coefficient (Wildman–Crippen LogP) is 3.77. The summed E-state index contributed by atoms with van der Waals surface area (Å²) in [5, 5.41) is 3.25. The highest BCUT2D eigenvalue weighted by atomic mass is 16.2. The van der Waals surface area contributed by atoms with Crippen LogP contribution < -0.4 is 5.32 Å². The van der Waals surface area contributed by atoms with Crippen molar-refractivity contribution in [3.8, 4) is 0 Å². The number of carbonyl (C=O) groups excluding carboxylic acids is 3. The quantitative estimate of drug-likeness (QED) is 0.669. The fraction of sp³-hybridized carbons (Fsp3) is 0.759. The van der Waals surface area contributed by atoms with Gasteiger partial charge in [-0.3, -0.25) is 14.4 Å². The van der Waals surface area contributed by atoms with E-state index in [1.807, 2.05) is 4.90 Å². The number of amides is 3. The van der Waals surface area contributed by atoms with Gasteiger partial charge in [0.2, 0.25) is 11.8 Å². The molecule has 0 aromatic carbocycles. The van der Waals surface area contributed by atoms with Gasteiger partial charge in [0, 0.05) is 62.9 Å². The van der Waals surface area contributed by atoms with Gasteiger partial charge in [0.25, 0.3) is 5.91 Å². The second kappa shape index (κ2) is 11.1. The lowest BCUT2D eigenvalue weighted by Gasteiger charge is -2.51. The summed E-state index contributed by atoms with van der Waals surface area (Å²) in [7, 11) is 0. The van der Waals surface area contributed by atoms with Crippen molar-refractivity contribution in [1.82, 2.24) is 25.1 Å². The van der Waals surface area contributed by atoms with E-state index in [9.17, 15) is 14.4 Å². The Morgan fingerprint density at radius 1 is 1.03 bits per heavy atom. The van der Waals surface area contributed by atoms with Gasteiger partial charge in [-0.15, -0.1) is 0 Å². The summed E-state index contributed by atoms with van der Waals surface area (Å²) in [6.45, 7) is 8.48. The molecule has 3 saturated heterocycles. The molecule has 3 aliphatic heterocycles. The first-order chi connectivity index (χ1) is 17.8. The predicted molar refractivity (Wildman–Crippen MR) is 141 cm³/mol. The van der Waals surface area contributed by atoms with E-state index in [2.05, 4.69) is 41.0 Å². The number of aromatic nitrogens is 2. The minimum Gasteiger partial charge on any atom is -0.353 e. The van der Waals surface area contributed by atoms with Crippen molar-refractivity contribution in [2.45, 2.75) is 96.6 Å². The molecule has 5 rings (SSSR count). The molecule has 0 radical (unpaired) electrons. The lowest BCUT2D eigenvalue weighted by atomic mass is 9.77. The average Bonchev–Trinajstić information content (AvgIpc) is 3.72. The molecule has 37 heavy (non-hydrogen) atoms. The van der Waals surface area contributed by atoms with Gasteiger partial charge in [0.05, 0.1) is 5.56 Å². The highest BCUT2D eigenvalue weighted by Crippen LogP contribution is 2.38. The third-order valence-corrected chi connectivity index (χ3v) is 8.99. The minimum atomic E-state index is -0.00538. The van der Waals surface area contributed by atoms with Crippen LogP contribution in [0.15, 0.2) is 12.4 Å². The topological polar surface area (TPSA) is 95.5 Å². The summed E-state index contributed by atoms with van der Waals surface area (Å²) < 4.78 is 0. The summed E-state index contributed by atoms with van der Waals surface area (Å²) in [6.07, 6.45) is 11.1. The van der Waals surface area contributed by atoms with E-state index >= 15 is 0 Å². The Labute approximate surface area is 221 Å². The number of hydrogen-bond acceptors (Lipinski definition) is 5. The van der Waals surface area contributed by atoms with Crippen LogP contribution in [0, 0.1) is 23.7 Å². The SMILES string of the molecule is CC(C)[C@@H]1CC[C@@H](C)CC(=O)N2C[C@H]3C[C@H](CN(C(=O)c4cnc(C5CC5)nc4)C3)[C@@H]2CCCC(=O)N1. The van der Waals surface area contributed by atoms with Crippen LogP contribution >= 0.6 is 0 Å². The van der Waals surface area contributed by atoms with E-state index in [1.54, 1.807) is 12.4 Å². The van der Waals surface area contributed by atoms with Crippen LogP contribution in [0.1, 0.15) is 101 Å². The van der Waals surface area contributed by atoms with Gasteiger partial charge in [-0.25, -0.2) is 9.97 Å². The van der Waals surface area contributed by atoms with Gasteiger partial charge in [0.15, 0.2) is 0 Å². The minimum absolute atomic E-state index is 0.00538. The van der Waals surface area contributed by atoms with Gasteiger partial charge in [-0.1, -0.05) is 20.8 Å². The Kier molecular flexibility index (Phi) is 7.82. The monoisotopic (exact) mass is 509 g/mol. The van der Waals surface area contributed by atoms with Crippen LogP contribution in [0.2, 0.25) is 0 Å². The van der Waals surface area contributed by atoms with E-state index in [4.69, 9.17) is 0 Å². The van der Waals surface area contributed by atoms with Crippen LogP contribution in [-0.4, -0.2) is 69.2 Å². The molecule has 3 amide bonds. The Hall–Kier alpha value is -2.51. The van der Waals surface area contributed by atoms with Crippen LogP contribution in [0.4, 0.5) is 0 Å².